The van der Waals surface area contributed by atoms with E-state index in [1.54, 1.807) is 18.2 Å². The summed E-state index contributed by atoms with van der Waals surface area (Å²) in [5.41, 5.74) is 1.72. The number of rotatable bonds is 2. The first-order valence-corrected chi connectivity index (χ1v) is 5.94. The molecule has 0 spiro atoms. The highest BCUT2D eigenvalue weighted by Crippen LogP contribution is 2.26. The van der Waals surface area contributed by atoms with E-state index in [2.05, 4.69) is 5.32 Å². The maximum atomic E-state index is 11.9. The van der Waals surface area contributed by atoms with E-state index in [1.807, 2.05) is 6.92 Å². The van der Waals surface area contributed by atoms with Crippen molar-refractivity contribution < 1.29 is 15.0 Å². The number of aryl methyl sites for hydroxylation is 1. The van der Waals surface area contributed by atoms with Gasteiger partial charge >= 0.3 is 0 Å². The molecule has 0 fully saturated rings. The lowest BCUT2D eigenvalue weighted by atomic mass is 10.1. The van der Waals surface area contributed by atoms with Crippen molar-refractivity contribution >= 4 is 23.2 Å². The van der Waals surface area contributed by atoms with Crippen LogP contribution in [0.2, 0.25) is 5.02 Å². The SMILES string of the molecule is Cc1ccc(NC(=O)c2ccc(O)c(O)c2)cc1Cl. The second-order valence-electron chi connectivity index (χ2n) is 4.12. The summed E-state index contributed by atoms with van der Waals surface area (Å²) in [6.07, 6.45) is 0. The third-order valence-corrected chi connectivity index (χ3v) is 3.07. The van der Waals surface area contributed by atoms with E-state index in [0.717, 1.165) is 5.56 Å². The highest BCUT2D eigenvalue weighted by atomic mass is 35.5. The Morgan fingerprint density at radius 3 is 2.47 bits per heavy atom. The molecule has 5 heteroatoms. The number of amides is 1. The number of benzene rings is 2. The van der Waals surface area contributed by atoms with Crippen molar-refractivity contribution in [1.82, 2.24) is 0 Å². The van der Waals surface area contributed by atoms with E-state index in [-0.39, 0.29) is 17.1 Å². The van der Waals surface area contributed by atoms with Gasteiger partial charge in [0, 0.05) is 16.3 Å². The smallest absolute Gasteiger partial charge is 0.255 e. The van der Waals surface area contributed by atoms with Crippen LogP contribution in [0.25, 0.3) is 0 Å². The fourth-order valence-electron chi connectivity index (χ4n) is 1.54. The Bertz CT molecular complexity index is 641. The number of carbonyl (C=O) groups is 1. The van der Waals surface area contributed by atoms with Crippen LogP contribution in [0.3, 0.4) is 0 Å². The molecule has 0 heterocycles. The van der Waals surface area contributed by atoms with Gasteiger partial charge in [0.05, 0.1) is 0 Å². The van der Waals surface area contributed by atoms with Crippen molar-refractivity contribution in [3.8, 4) is 11.5 Å². The molecule has 0 aliphatic rings. The lowest BCUT2D eigenvalue weighted by Crippen LogP contribution is -2.11. The summed E-state index contributed by atoms with van der Waals surface area (Å²) >= 11 is 5.96. The summed E-state index contributed by atoms with van der Waals surface area (Å²) in [7, 11) is 0. The number of carbonyl (C=O) groups excluding carboxylic acids is 1. The number of nitrogens with one attached hydrogen (secondary N) is 1. The van der Waals surface area contributed by atoms with Crippen molar-refractivity contribution in [1.29, 1.82) is 0 Å². The number of aromatic hydroxyl groups is 2. The Morgan fingerprint density at radius 1 is 1.11 bits per heavy atom. The first-order chi connectivity index (χ1) is 8.97. The summed E-state index contributed by atoms with van der Waals surface area (Å²) in [5.74, 6) is -1.00. The predicted octanol–water partition coefficient (Wildman–Crippen LogP) is 3.31. The monoisotopic (exact) mass is 277 g/mol. The van der Waals surface area contributed by atoms with Gasteiger partial charge in [-0.15, -0.1) is 0 Å². The maximum absolute atomic E-state index is 11.9. The predicted molar refractivity (Wildman–Crippen MR) is 73.9 cm³/mol. The van der Waals surface area contributed by atoms with Crippen molar-refractivity contribution in [3.05, 3.63) is 52.5 Å². The fraction of sp³-hybridized carbons (Fsp3) is 0.0714. The van der Waals surface area contributed by atoms with Crippen LogP contribution < -0.4 is 5.32 Å². The molecular weight excluding hydrogens is 266 g/mol. The van der Waals surface area contributed by atoms with Crippen LogP contribution in [0.4, 0.5) is 5.69 Å². The molecule has 0 unspecified atom stereocenters. The van der Waals surface area contributed by atoms with Crippen LogP contribution in [0.5, 0.6) is 11.5 Å². The average molecular weight is 278 g/mol. The first-order valence-electron chi connectivity index (χ1n) is 5.57. The summed E-state index contributed by atoms with van der Waals surface area (Å²) < 4.78 is 0. The van der Waals surface area contributed by atoms with E-state index in [9.17, 15) is 15.0 Å². The minimum atomic E-state index is -0.393. The Labute approximate surface area is 115 Å². The minimum absolute atomic E-state index is 0.243. The summed E-state index contributed by atoms with van der Waals surface area (Å²) in [4.78, 5) is 11.9. The van der Waals surface area contributed by atoms with Crippen LogP contribution in [0, 0.1) is 6.92 Å². The van der Waals surface area contributed by atoms with Gasteiger partial charge < -0.3 is 15.5 Å². The molecule has 4 nitrogen and oxygen atoms in total. The van der Waals surface area contributed by atoms with Gasteiger partial charge in [-0.2, -0.15) is 0 Å². The third-order valence-electron chi connectivity index (χ3n) is 2.67. The minimum Gasteiger partial charge on any atom is -0.504 e. The lowest BCUT2D eigenvalue weighted by Gasteiger charge is -2.07. The molecule has 0 aliphatic heterocycles. The van der Waals surface area contributed by atoms with E-state index in [0.29, 0.717) is 10.7 Å². The van der Waals surface area contributed by atoms with Gasteiger partial charge in [-0.25, -0.2) is 0 Å². The zero-order chi connectivity index (χ0) is 14.0. The largest absolute Gasteiger partial charge is 0.504 e. The molecule has 0 saturated heterocycles. The van der Waals surface area contributed by atoms with Crippen LogP contribution in [0.15, 0.2) is 36.4 Å². The van der Waals surface area contributed by atoms with Gasteiger partial charge in [-0.3, -0.25) is 4.79 Å². The van der Waals surface area contributed by atoms with Gasteiger partial charge in [-0.05, 0) is 42.8 Å². The molecule has 19 heavy (non-hydrogen) atoms. The Kier molecular flexibility index (Phi) is 3.62. The molecule has 0 aliphatic carbocycles. The summed E-state index contributed by atoms with van der Waals surface area (Å²) in [6.45, 7) is 1.87. The zero-order valence-electron chi connectivity index (χ0n) is 10.1. The number of hydrogen-bond donors (Lipinski definition) is 3. The van der Waals surface area contributed by atoms with Crippen LogP contribution >= 0.6 is 11.6 Å². The molecule has 2 rings (SSSR count). The van der Waals surface area contributed by atoms with Gasteiger partial charge in [0.15, 0.2) is 11.5 Å². The number of anilines is 1. The second-order valence-corrected chi connectivity index (χ2v) is 4.53. The highest BCUT2D eigenvalue weighted by molar-refractivity contribution is 6.31. The second kappa shape index (κ2) is 5.20. The number of phenolic OH excluding ortho intramolecular Hbond substituents is 2. The molecule has 98 valence electrons. The van der Waals surface area contributed by atoms with Crippen LogP contribution in [-0.2, 0) is 0 Å². The Hall–Kier alpha value is -2.20. The molecule has 2 aromatic carbocycles. The van der Waals surface area contributed by atoms with E-state index in [4.69, 9.17) is 11.6 Å². The van der Waals surface area contributed by atoms with Crippen molar-refractivity contribution in [2.24, 2.45) is 0 Å². The molecule has 0 bridgehead atoms. The first kappa shape index (κ1) is 13.2. The van der Waals surface area contributed by atoms with Gasteiger partial charge in [0.25, 0.3) is 5.91 Å². The Balaban J connectivity index is 2.20. The van der Waals surface area contributed by atoms with Crippen LogP contribution in [-0.4, -0.2) is 16.1 Å². The quantitative estimate of drug-likeness (QED) is 0.738. The van der Waals surface area contributed by atoms with Gasteiger partial charge in [-0.1, -0.05) is 17.7 Å². The molecular formula is C14H12ClNO3. The van der Waals surface area contributed by atoms with Crippen molar-refractivity contribution in [2.75, 3.05) is 5.32 Å². The zero-order valence-corrected chi connectivity index (χ0v) is 10.9. The molecule has 1 amide bonds. The maximum Gasteiger partial charge on any atom is 0.255 e. The third kappa shape index (κ3) is 2.98. The highest BCUT2D eigenvalue weighted by Gasteiger charge is 2.09. The number of phenols is 2. The van der Waals surface area contributed by atoms with Gasteiger partial charge in [0.1, 0.15) is 0 Å². The van der Waals surface area contributed by atoms with E-state index < -0.39 is 5.91 Å². The molecule has 0 radical (unpaired) electrons. The van der Waals surface area contributed by atoms with Gasteiger partial charge in [0.2, 0.25) is 0 Å². The number of halogens is 1. The molecule has 2 aromatic rings. The van der Waals surface area contributed by atoms with E-state index >= 15 is 0 Å². The standard InChI is InChI=1S/C14H12ClNO3/c1-8-2-4-10(7-11(8)15)16-14(19)9-3-5-12(17)13(18)6-9/h2-7,17-18H,1H3,(H,16,19). The van der Waals surface area contributed by atoms with Crippen molar-refractivity contribution in [3.63, 3.8) is 0 Å². The molecule has 0 atom stereocenters. The summed E-state index contributed by atoms with van der Waals surface area (Å²) in [6, 6.07) is 9.05. The lowest BCUT2D eigenvalue weighted by molar-refractivity contribution is 0.102. The van der Waals surface area contributed by atoms with E-state index in [1.165, 1.54) is 18.2 Å². The molecule has 3 N–H and O–H groups in total. The molecule has 0 aromatic heterocycles. The van der Waals surface area contributed by atoms with Crippen LogP contribution in [0.1, 0.15) is 15.9 Å². The topological polar surface area (TPSA) is 69.6 Å². The average Bonchev–Trinajstić information content (AvgIpc) is 2.37. The fourth-order valence-corrected chi connectivity index (χ4v) is 1.72. The Morgan fingerprint density at radius 2 is 1.84 bits per heavy atom. The number of hydrogen-bond acceptors (Lipinski definition) is 3. The summed E-state index contributed by atoms with van der Waals surface area (Å²) in [5, 5.41) is 21.7. The van der Waals surface area contributed by atoms with Crippen molar-refractivity contribution in [2.45, 2.75) is 6.92 Å². The molecule has 0 saturated carbocycles. The normalized spacial score (nSPS) is 10.2.